The maximum absolute atomic E-state index is 5.70. The highest BCUT2D eigenvalue weighted by molar-refractivity contribution is 5.39. The average Bonchev–Trinajstić information content (AvgIpc) is 2.85. The second-order valence-corrected chi connectivity index (χ2v) is 5.10. The molecule has 2 aromatic rings. The fraction of sp³-hybridized carbons (Fsp3) is 0.294. The van der Waals surface area contributed by atoms with Crippen LogP contribution in [0.3, 0.4) is 0 Å². The maximum Gasteiger partial charge on any atom is 0.122 e. The number of aryl methyl sites for hydroxylation is 1. The number of fused-ring (bicyclic) bond motifs is 1. The van der Waals surface area contributed by atoms with E-state index in [9.17, 15) is 0 Å². The lowest BCUT2D eigenvalue weighted by molar-refractivity contribution is 0.326. The predicted octanol–water partition coefficient (Wildman–Crippen LogP) is 3.26. The summed E-state index contributed by atoms with van der Waals surface area (Å²) in [5.41, 5.74) is 4.05. The van der Waals surface area contributed by atoms with Crippen molar-refractivity contribution in [2.24, 2.45) is 0 Å². The molecule has 0 saturated heterocycles. The molecule has 1 aliphatic heterocycles. The van der Waals surface area contributed by atoms with E-state index < -0.39 is 0 Å². The minimum absolute atomic E-state index is 0.472. The molecule has 0 fully saturated rings. The summed E-state index contributed by atoms with van der Waals surface area (Å²) in [5.74, 6) is 1.52. The lowest BCUT2D eigenvalue weighted by atomic mass is 10.0. The number of para-hydroxylation sites is 1. The molecular formula is C17H19NO. The van der Waals surface area contributed by atoms with E-state index in [1.54, 1.807) is 0 Å². The molecule has 1 unspecified atom stereocenters. The molecule has 0 saturated carbocycles. The summed E-state index contributed by atoms with van der Waals surface area (Å²) in [6.07, 6.45) is 0. The van der Waals surface area contributed by atoms with E-state index in [4.69, 9.17) is 4.74 Å². The van der Waals surface area contributed by atoms with Crippen LogP contribution in [0, 0.1) is 6.92 Å². The molecule has 98 valence electrons. The molecule has 0 aliphatic carbocycles. The molecule has 2 nitrogen and oxygen atoms in total. The Morgan fingerprint density at radius 1 is 1.11 bits per heavy atom. The minimum atomic E-state index is 0.472. The summed E-state index contributed by atoms with van der Waals surface area (Å²) in [7, 11) is 0. The summed E-state index contributed by atoms with van der Waals surface area (Å²) in [6, 6.07) is 16.9. The molecule has 0 amide bonds. The summed E-state index contributed by atoms with van der Waals surface area (Å²) < 4.78 is 5.70. The van der Waals surface area contributed by atoms with Crippen LogP contribution in [0.25, 0.3) is 0 Å². The van der Waals surface area contributed by atoms with Crippen molar-refractivity contribution in [1.29, 1.82) is 0 Å². The Kier molecular flexibility index (Phi) is 3.51. The SMILES string of the molecule is Cc1ccccc1CNCC1COc2ccccc21. The number of benzene rings is 2. The molecule has 0 spiro atoms. The Balaban J connectivity index is 1.58. The van der Waals surface area contributed by atoms with Gasteiger partial charge in [-0.2, -0.15) is 0 Å². The molecular weight excluding hydrogens is 234 g/mol. The molecule has 3 rings (SSSR count). The largest absolute Gasteiger partial charge is 0.493 e. The van der Waals surface area contributed by atoms with Crippen molar-refractivity contribution >= 4 is 0 Å². The van der Waals surface area contributed by atoms with Crippen LogP contribution in [0.15, 0.2) is 48.5 Å². The van der Waals surface area contributed by atoms with Crippen molar-refractivity contribution in [3.63, 3.8) is 0 Å². The molecule has 0 aromatic heterocycles. The fourth-order valence-electron chi connectivity index (χ4n) is 2.59. The highest BCUT2D eigenvalue weighted by Crippen LogP contribution is 2.32. The summed E-state index contributed by atoms with van der Waals surface area (Å²) >= 11 is 0. The van der Waals surface area contributed by atoms with Crippen LogP contribution in [0.5, 0.6) is 5.75 Å². The molecule has 0 radical (unpaired) electrons. The smallest absolute Gasteiger partial charge is 0.122 e. The quantitative estimate of drug-likeness (QED) is 0.903. The van der Waals surface area contributed by atoms with Crippen molar-refractivity contribution in [2.45, 2.75) is 19.4 Å². The average molecular weight is 253 g/mol. The van der Waals surface area contributed by atoms with E-state index in [1.807, 2.05) is 6.07 Å². The van der Waals surface area contributed by atoms with Gasteiger partial charge in [0.15, 0.2) is 0 Å². The van der Waals surface area contributed by atoms with Crippen molar-refractivity contribution in [1.82, 2.24) is 5.32 Å². The van der Waals surface area contributed by atoms with Gasteiger partial charge in [-0.3, -0.25) is 0 Å². The summed E-state index contributed by atoms with van der Waals surface area (Å²) in [5, 5.41) is 3.55. The van der Waals surface area contributed by atoms with Crippen LogP contribution in [0.2, 0.25) is 0 Å². The summed E-state index contributed by atoms with van der Waals surface area (Å²) in [6.45, 7) is 4.84. The number of hydrogen-bond donors (Lipinski definition) is 1. The third kappa shape index (κ3) is 2.64. The van der Waals surface area contributed by atoms with Crippen LogP contribution < -0.4 is 10.1 Å². The Morgan fingerprint density at radius 2 is 1.89 bits per heavy atom. The normalized spacial score (nSPS) is 17.0. The molecule has 19 heavy (non-hydrogen) atoms. The van der Waals surface area contributed by atoms with E-state index in [0.29, 0.717) is 5.92 Å². The van der Waals surface area contributed by atoms with Gasteiger partial charge in [0.05, 0.1) is 6.61 Å². The minimum Gasteiger partial charge on any atom is -0.493 e. The lowest BCUT2D eigenvalue weighted by Gasteiger charge is -2.11. The first kappa shape index (κ1) is 12.2. The van der Waals surface area contributed by atoms with Gasteiger partial charge in [0.25, 0.3) is 0 Å². The fourth-order valence-corrected chi connectivity index (χ4v) is 2.59. The number of nitrogens with one attached hydrogen (secondary N) is 1. The van der Waals surface area contributed by atoms with Gasteiger partial charge in [0, 0.05) is 24.6 Å². The van der Waals surface area contributed by atoms with Crippen molar-refractivity contribution < 1.29 is 4.74 Å². The van der Waals surface area contributed by atoms with Gasteiger partial charge in [-0.25, -0.2) is 0 Å². The number of ether oxygens (including phenoxy) is 1. The zero-order valence-corrected chi connectivity index (χ0v) is 11.2. The van der Waals surface area contributed by atoms with Gasteiger partial charge < -0.3 is 10.1 Å². The van der Waals surface area contributed by atoms with Crippen LogP contribution in [0.1, 0.15) is 22.6 Å². The van der Waals surface area contributed by atoms with E-state index in [-0.39, 0.29) is 0 Å². The summed E-state index contributed by atoms with van der Waals surface area (Å²) in [4.78, 5) is 0. The van der Waals surface area contributed by atoms with Gasteiger partial charge in [-0.1, -0.05) is 42.5 Å². The highest BCUT2D eigenvalue weighted by Gasteiger charge is 2.22. The zero-order chi connectivity index (χ0) is 13.1. The Hall–Kier alpha value is -1.80. The van der Waals surface area contributed by atoms with Crippen molar-refractivity contribution in [3.8, 4) is 5.75 Å². The van der Waals surface area contributed by atoms with E-state index in [0.717, 1.165) is 25.4 Å². The Bertz CT molecular complexity index is 565. The van der Waals surface area contributed by atoms with Crippen LogP contribution in [-0.2, 0) is 6.54 Å². The van der Waals surface area contributed by atoms with E-state index in [1.165, 1.54) is 16.7 Å². The van der Waals surface area contributed by atoms with Crippen LogP contribution >= 0.6 is 0 Å². The molecule has 1 heterocycles. The van der Waals surface area contributed by atoms with Crippen LogP contribution in [-0.4, -0.2) is 13.2 Å². The van der Waals surface area contributed by atoms with E-state index in [2.05, 4.69) is 54.7 Å². The van der Waals surface area contributed by atoms with Crippen molar-refractivity contribution in [3.05, 3.63) is 65.2 Å². The molecule has 2 aromatic carbocycles. The molecule has 1 atom stereocenters. The first-order chi connectivity index (χ1) is 9.34. The number of rotatable bonds is 4. The van der Waals surface area contributed by atoms with Gasteiger partial charge >= 0.3 is 0 Å². The second-order valence-electron chi connectivity index (χ2n) is 5.10. The number of hydrogen-bond acceptors (Lipinski definition) is 2. The Morgan fingerprint density at radius 3 is 2.79 bits per heavy atom. The molecule has 1 N–H and O–H groups in total. The third-order valence-corrected chi connectivity index (χ3v) is 3.77. The van der Waals surface area contributed by atoms with E-state index >= 15 is 0 Å². The van der Waals surface area contributed by atoms with Gasteiger partial charge in [-0.15, -0.1) is 0 Å². The van der Waals surface area contributed by atoms with Gasteiger partial charge in [0.2, 0.25) is 0 Å². The lowest BCUT2D eigenvalue weighted by Crippen LogP contribution is -2.22. The standard InChI is InChI=1S/C17H19NO/c1-13-6-2-3-7-14(13)10-18-11-15-12-19-17-9-5-4-8-16(15)17/h2-9,15,18H,10-12H2,1H3. The topological polar surface area (TPSA) is 21.3 Å². The second kappa shape index (κ2) is 5.45. The van der Waals surface area contributed by atoms with Crippen LogP contribution in [0.4, 0.5) is 0 Å². The Labute approximate surface area is 114 Å². The predicted molar refractivity (Wildman–Crippen MR) is 77.6 cm³/mol. The van der Waals surface area contributed by atoms with Gasteiger partial charge in [0.1, 0.15) is 5.75 Å². The van der Waals surface area contributed by atoms with Crippen molar-refractivity contribution in [2.75, 3.05) is 13.2 Å². The van der Waals surface area contributed by atoms with Gasteiger partial charge in [-0.05, 0) is 24.1 Å². The molecule has 1 aliphatic rings. The molecule has 0 bridgehead atoms. The first-order valence-corrected chi connectivity index (χ1v) is 6.81. The monoisotopic (exact) mass is 253 g/mol. The maximum atomic E-state index is 5.70. The molecule has 2 heteroatoms. The first-order valence-electron chi connectivity index (χ1n) is 6.81. The zero-order valence-electron chi connectivity index (χ0n) is 11.2. The third-order valence-electron chi connectivity index (χ3n) is 3.77. The highest BCUT2D eigenvalue weighted by atomic mass is 16.5.